The molecule has 3 nitrogen and oxygen atoms in total. The van der Waals surface area contributed by atoms with E-state index in [1.54, 1.807) is 10.8 Å². The average Bonchev–Trinajstić information content (AvgIpc) is 2.85. The first-order valence-corrected chi connectivity index (χ1v) is 6.37. The molecule has 0 aliphatic rings. The molecule has 0 aliphatic heterocycles. The maximum absolute atomic E-state index is 12.6. The van der Waals surface area contributed by atoms with E-state index in [-0.39, 0.29) is 11.1 Å². The molecule has 0 amide bonds. The fraction of sp³-hybridized carbons (Fsp3) is 0.308. The summed E-state index contributed by atoms with van der Waals surface area (Å²) >= 11 is 5.96. The van der Waals surface area contributed by atoms with Crippen LogP contribution in [0, 0.1) is 0 Å². The monoisotopic (exact) mass is 303 g/mol. The van der Waals surface area contributed by atoms with Crippen LogP contribution in [-0.2, 0) is 6.18 Å². The molecule has 0 spiro atoms. The molecule has 0 saturated carbocycles. The number of hydrogen-bond donors (Lipinski definition) is 1. The lowest BCUT2D eigenvalue weighted by Crippen LogP contribution is -2.14. The fourth-order valence-electron chi connectivity index (χ4n) is 1.87. The minimum Gasteiger partial charge on any atom is -0.323 e. The lowest BCUT2D eigenvalue weighted by molar-refractivity contribution is -0.137. The van der Waals surface area contributed by atoms with Gasteiger partial charge in [0, 0.05) is 6.04 Å². The third-order valence-electron chi connectivity index (χ3n) is 3.02. The molecule has 2 aromatic rings. The van der Waals surface area contributed by atoms with Crippen molar-refractivity contribution < 1.29 is 13.2 Å². The molecule has 0 fully saturated rings. The normalized spacial score (nSPS) is 13.5. The number of alkyl halides is 3. The van der Waals surface area contributed by atoms with Crippen LogP contribution in [0.5, 0.6) is 0 Å². The minimum absolute atomic E-state index is 0.00220. The van der Waals surface area contributed by atoms with Gasteiger partial charge in [-0.1, -0.05) is 18.5 Å². The van der Waals surface area contributed by atoms with Gasteiger partial charge in [-0.05, 0) is 24.6 Å². The second-order valence-corrected chi connectivity index (χ2v) is 4.77. The standard InChI is InChI=1S/C13H13ClF3N3/c1-2-10(18)12-6-19-7-20(12)11-4-3-8(5-9(11)14)13(15,16)17/h3-7,10H,2,18H2,1H3/t10-/m1/s1. The molecule has 1 aromatic heterocycles. The molecule has 7 heteroatoms. The van der Waals surface area contributed by atoms with E-state index < -0.39 is 11.7 Å². The minimum atomic E-state index is -4.42. The van der Waals surface area contributed by atoms with E-state index in [0.717, 1.165) is 12.1 Å². The van der Waals surface area contributed by atoms with Crippen LogP contribution in [0.4, 0.5) is 13.2 Å². The maximum Gasteiger partial charge on any atom is 0.416 e. The molecule has 0 saturated heterocycles. The van der Waals surface area contributed by atoms with Crippen LogP contribution in [0.1, 0.15) is 30.6 Å². The first-order valence-electron chi connectivity index (χ1n) is 5.99. The predicted octanol–water partition coefficient (Wildman–Crippen LogP) is 3.95. The third-order valence-corrected chi connectivity index (χ3v) is 3.32. The quantitative estimate of drug-likeness (QED) is 0.933. The average molecular weight is 304 g/mol. The second kappa shape index (κ2) is 5.46. The Labute approximate surface area is 119 Å². The molecule has 0 bridgehead atoms. The Morgan fingerprint density at radius 2 is 2.10 bits per heavy atom. The summed E-state index contributed by atoms with van der Waals surface area (Å²) in [4.78, 5) is 3.98. The number of hydrogen-bond acceptors (Lipinski definition) is 2. The van der Waals surface area contributed by atoms with Crippen molar-refractivity contribution in [1.29, 1.82) is 0 Å². The van der Waals surface area contributed by atoms with Crippen LogP contribution in [0.3, 0.4) is 0 Å². The van der Waals surface area contributed by atoms with Crippen molar-refractivity contribution in [2.24, 2.45) is 5.73 Å². The van der Waals surface area contributed by atoms with Gasteiger partial charge in [-0.15, -0.1) is 0 Å². The van der Waals surface area contributed by atoms with Crippen molar-refractivity contribution in [2.75, 3.05) is 0 Å². The highest BCUT2D eigenvalue weighted by atomic mass is 35.5. The van der Waals surface area contributed by atoms with E-state index in [9.17, 15) is 13.2 Å². The molecular formula is C13H13ClF3N3. The lowest BCUT2D eigenvalue weighted by Gasteiger charge is -2.15. The Bertz CT molecular complexity index is 607. The Morgan fingerprint density at radius 1 is 1.40 bits per heavy atom. The van der Waals surface area contributed by atoms with Crippen molar-refractivity contribution in [3.63, 3.8) is 0 Å². The van der Waals surface area contributed by atoms with Crippen LogP contribution in [0.15, 0.2) is 30.7 Å². The second-order valence-electron chi connectivity index (χ2n) is 4.37. The fourth-order valence-corrected chi connectivity index (χ4v) is 2.14. The van der Waals surface area contributed by atoms with Gasteiger partial charge in [-0.3, -0.25) is 0 Å². The molecule has 20 heavy (non-hydrogen) atoms. The van der Waals surface area contributed by atoms with Gasteiger partial charge in [0.05, 0.1) is 34.5 Å². The molecule has 1 atom stereocenters. The number of nitrogens with zero attached hydrogens (tertiary/aromatic N) is 2. The van der Waals surface area contributed by atoms with Gasteiger partial charge in [0.15, 0.2) is 0 Å². The smallest absolute Gasteiger partial charge is 0.323 e. The summed E-state index contributed by atoms with van der Waals surface area (Å²) in [6.45, 7) is 1.91. The van der Waals surface area contributed by atoms with E-state index >= 15 is 0 Å². The summed E-state index contributed by atoms with van der Waals surface area (Å²) < 4.78 is 39.4. The van der Waals surface area contributed by atoms with Gasteiger partial charge in [-0.2, -0.15) is 13.2 Å². The van der Waals surface area contributed by atoms with Gasteiger partial charge in [0.25, 0.3) is 0 Å². The Kier molecular flexibility index (Phi) is 4.06. The molecule has 1 heterocycles. The molecule has 1 aromatic carbocycles. The predicted molar refractivity (Wildman–Crippen MR) is 70.8 cm³/mol. The number of imidazole rings is 1. The van der Waals surface area contributed by atoms with Crippen molar-refractivity contribution in [1.82, 2.24) is 9.55 Å². The molecule has 0 unspecified atom stereocenters. The van der Waals surface area contributed by atoms with E-state index in [1.165, 1.54) is 12.4 Å². The van der Waals surface area contributed by atoms with Gasteiger partial charge >= 0.3 is 6.18 Å². The van der Waals surface area contributed by atoms with E-state index in [1.807, 2.05) is 6.92 Å². The SMILES string of the molecule is CC[C@@H](N)c1cncn1-c1ccc(C(F)(F)F)cc1Cl. The summed E-state index contributed by atoms with van der Waals surface area (Å²) in [5.41, 5.74) is 6.29. The van der Waals surface area contributed by atoms with Gasteiger partial charge in [0.1, 0.15) is 0 Å². The maximum atomic E-state index is 12.6. The van der Waals surface area contributed by atoms with Crippen LogP contribution in [0.25, 0.3) is 5.69 Å². The van der Waals surface area contributed by atoms with Crippen molar-refractivity contribution in [3.05, 3.63) is 47.0 Å². The Morgan fingerprint density at radius 3 is 2.65 bits per heavy atom. The first-order chi connectivity index (χ1) is 9.34. The third kappa shape index (κ3) is 2.81. The summed E-state index contributed by atoms with van der Waals surface area (Å²) in [5.74, 6) is 0. The largest absolute Gasteiger partial charge is 0.416 e. The number of benzene rings is 1. The zero-order chi connectivity index (χ0) is 14.9. The topological polar surface area (TPSA) is 43.8 Å². The van der Waals surface area contributed by atoms with Crippen LogP contribution < -0.4 is 5.73 Å². The number of rotatable bonds is 3. The molecular weight excluding hydrogens is 291 g/mol. The van der Waals surface area contributed by atoms with Gasteiger partial charge < -0.3 is 10.3 Å². The summed E-state index contributed by atoms with van der Waals surface area (Å²) in [5, 5.41) is 0.00220. The zero-order valence-electron chi connectivity index (χ0n) is 10.7. The van der Waals surface area contributed by atoms with E-state index in [2.05, 4.69) is 4.98 Å². The van der Waals surface area contributed by atoms with Crippen LogP contribution in [0.2, 0.25) is 5.02 Å². The van der Waals surface area contributed by atoms with E-state index in [0.29, 0.717) is 17.8 Å². The highest BCUT2D eigenvalue weighted by Gasteiger charge is 2.31. The molecule has 0 radical (unpaired) electrons. The zero-order valence-corrected chi connectivity index (χ0v) is 11.4. The molecule has 108 valence electrons. The van der Waals surface area contributed by atoms with Crippen molar-refractivity contribution in [2.45, 2.75) is 25.6 Å². The summed E-state index contributed by atoms with van der Waals surface area (Å²) in [6.07, 6.45) is -0.662. The molecule has 2 N–H and O–H groups in total. The summed E-state index contributed by atoms with van der Waals surface area (Å²) in [6, 6.07) is 2.95. The highest BCUT2D eigenvalue weighted by molar-refractivity contribution is 6.32. The molecule has 0 aliphatic carbocycles. The highest BCUT2D eigenvalue weighted by Crippen LogP contribution is 2.33. The van der Waals surface area contributed by atoms with Gasteiger partial charge in [-0.25, -0.2) is 4.98 Å². The van der Waals surface area contributed by atoms with Crippen molar-refractivity contribution in [3.8, 4) is 5.69 Å². The lowest BCUT2D eigenvalue weighted by atomic mass is 10.1. The van der Waals surface area contributed by atoms with Gasteiger partial charge in [0.2, 0.25) is 0 Å². The van der Waals surface area contributed by atoms with Crippen molar-refractivity contribution >= 4 is 11.6 Å². The number of halogens is 4. The number of nitrogens with two attached hydrogens (primary N) is 1. The van der Waals surface area contributed by atoms with Crippen LogP contribution in [-0.4, -0.2) is 9.55 Å². The Hall–Kier alpha value is -1.53. The first kappa shape index (κ1) is 14.9. The molecule has 2 rings (SSSR count). The number of aromatic nitrogens is 2. The van der Waals surface area contributed by atoms with E-state index in [4.69, 9.17) is 17.3 Å². The Balaban J connectivity index is 2.47. The van der Waals surface area contributed by atoms with Crippen LogP contribution >= 0.6 is 11.6 Å². The summed E-state index contributed by atoms with van der Waals surface area (Å²) in [7, 11) is 0.